The minimum Gasteiger partial charge on any atom is -0.322 e. The van der Waals surface area contributed by atoms with E-state index in [2.05, 4.69) is 34.0 Å². The van der Waals surface area contributed by atoms with Crippen molar-refractivity contribution in [2.75, 3.05) is 5.32 Å². The van der Waals surface area contributed by atoms with E-state index in [1.165, 1.54) is 5.56 Å². The smallest absolute Gasteiger partial charge is 0.256 e. The van der Waals surface area contributed by atoms with Crippen LogP contribution in [0.1, 0.15) is 27.0 Å². The van der Waals surface area contributed by atoms with Gasteiger partial charge in [-0.3, -0.25) is 4.79 Å². The molecule has 0 radical (unpaired) electrons. The van der Waals surface area contributed by atoms with E-state index in [1.807, 2.05) is 51.1 Å². The summed E-state index contributed by atoms with van der Waals surface area (Å²) < 4.78 is 0.972. The molecule has 3 heteroatoms. The molecular weight excluding hydrogens is 349 g/mol. The Morgan fingerprint density at radius 1 is 1.00 bits per heavy atom. The van der Waals surface area contributed by atoms with Gasteiger partial charge in [0, 0.05) is 9.26 Å². The van der Waals surface area contributed by atoms with Gasteiger partial charge in [-0.25, -0.2) is 0 Å². The van der Waals surface area contributed by atoms with Crippen molar-refractivity contribution >= 4 is 34.2 Å². The number of carbonyl (C=O) groups is 1. The summed E-state index contributed by atoms with van der Waals surface area (Å²) in [6.45, 7) is 6.07. The highest BCUT2D eigenvalue weighted by Gasteiger charge is 2.11. The number of halogens is 1. The zero-order valence-electron chi connectivity index (χ0n) is 11.3. The molecule has 1 amide bonds. The third-order valence-electron chi connectivity index (χ3n) is 3.00. The highest BCUT2D eigenvalue weighted by Crippen LogP contribution is 2.19. The topological polar surface area (TPSA) is 29.1 Å². The number of amides is 1. The van der Waals surface area contributed by atoms with Crippen LogP contribution in [-0.4, -0.2) is 5.91 Å². The molecule has 1 N–H and O–H groups in total. The van der Waals surface area contributed by atoms with Crippen LogP contribution in [0.4, 0.5) is 5.69 Å². The Balaban J connectivity index is 2.25. The van der Waals surface area contributed by atoms with Gasteiger partial charge in [0.15, 0.2) is 0 Å². The first kappa shape index (κ1) is 14.1. The molecular formula is C16H16INO. The van der Waals surface area contributed by atoms with Gasteiger partial charge in [-0.15, -0.1) is 0 Å². The fourth-order valence-electron chi connectivity index (χ4n) is 1.95. The SMILES string of the molecule is Cc1ccc(NC(=O)c2ccc(C)cc2I)c(C)c1. The summed E-state index contributed by atoms with van der Waals surface area (Å²) in [6, 6.07) is 11.9. The second-order valence-corrected chi connectivity index (χ2v) is 5.92. The number of anilines is 1. The summed E-state index contributed by atoms with van der Waals surface area (Å²) in [4.78, 5) is 12.3. The summed E-state index contributed by atoms with van der Waals surface area (Å²) in [6.07, 6.45) is 0. The van der Waals surface area contributed by atoms with Crippen molar-refractivity contribution in [3.8, 4) is 0 Å². The van der Waals surface area contributed by atoms with E-state index >= 15 is 0 Å². The second-order valence-electron chi connectivity index (χ2n) is 4.76. The summed E-state index contributed by atoms with van der Waals surface area (Å²) >= 11 is 2.20. The molecule has 0 fully saturated rings. The lowest BCUT2D eigenvalue weighted by atomic mass is 10.1. The lowest BCUT2D eigenvalue weighted by Crippen LogP contribution is -2.14. The molecule has 98 valence electrons. The summed E-state index contributed by atoms with van der Waals surface area (Å²) in [5.41, 5.74) is 5.02. The standard InChI is InChI=1S/C16H16INO/c1-10-5-7-15(12(3)8-10)18-16(19)13-6-4-11(2)9-14(13)17/h4-9H,1-3H3,(H,18,19). The molecule has 0 spiro atoms. The van der Waals surface area contributed by atoms with E-state index in [0.29, 0.717) is 5.56 Å². The molecule has 2 aromatic rings. The Labute approximate surface area is 127 Å². The first-order chi connectivity index (χ1) is 8.97. The number of benzene rings is 2. The Bertz CT molecular complexity index is 635. The van der Waals surface area contributed by atoms with Gasteiger partial charge in [-0.2, -0.15) is 0 Å². The Hall–Kier alpha value is -1.36. The Kier molecular flexibility index (Phi) is 4.24. The average molecular weight is 365 g/mol. The van der Waals surface area contributed by atoms with Crippen molar-refractivity contribution in [1.82, 2.24) is 0 Å². The molecule has 0 saturated heterocycles. The highest BCUT2D eigenvalue weighted by atomic mass is 127. The zero-order valence-corrected chi connectivity index (χ0v) is 13.4. The first-order valence-electron chi connectivity index (χ1n) is 6.12. The summed E-state index contributed by atoms with van der Waals surface area (Å²) in [5, 5.41) is 2.97. The number of rotatable bonds is 2. The lowest BCUT2D eigenvalue weighted by Gasteiger charge is -2.10. The Morgan fingerprint density at radius 2 is 1.63 bits per heavy atom. The number of nitrogens with one attached hydrogen (secondary N) is 1. The zero-order chi connectivity index (χ0) is 14.0. The minimum atomic E-state index is -0.0589. The number of carbonyl (C=O) groups excluding carboxylic acids is 1. The van der Waals surface area contributed by atoms with Crippen LogP contribution in [-0.2, 0) is 0 Å². The van der Waals surface area contributed by atoms with Crippen molar-refractivity contribution in [2.45, 2.75) is 20.8 Å². The largest absolute Gasteiger partial charge is 0.322 e. The molecule has 0 aliphatic heterocycles. The van der Waals surface area contributed by atoms with E-state index in [9.17, 15) is 4.79 Å². The van der Waals surface area contributed by atoms with Crippen molar-refractivity contribution in [3.63, 3.8) is 0 Å². The molecule has 0 aromatic heterocycles. The fourth-order valence-corrected chi connectivity index (χ4v) is 2.86. The number of aryl methyl sites for hydroxylation is 3. The molecule has 0 unspecified atom stereocenters. The van der Waals surface area contributed by atoms with Crippen LogP contribution in [0, 0.1) is 24.3 Å². The van der Waals surface area contributed by atoms with Crippen molar-refractivity contribution < 1.29 is 4.79 Å². The number of hydrogen-bond donors (Lipinski definition) is 1. The first-order valence-corrected chi connectivity index (χ1v) is 7.20. The average Bonchev–Trinajstić information content (AvgIpc) is 2.32. The minimum absolute atomic E-state index is 0.0589. The van der Waals surface area contributed by atoms with Crippen LogP contribution < -0.4 is 5.32 Å². The van der Waals surface area contributed by atoms with Gasteiger partial charge in [-0.1, -0.05) is 29.3 Å². The summed E-state index contributed by atoms with van der Waals surface area (Å²) in [7, 11) is 0. The monoisotopic (exact) mass is 365 g/mol. The van der Waals surface area contributed by atoms with E-state index in [4.69, 9.17) is 0 Å². The maximum Gasteiger partial charge on any atom is 0.256 e. The molecule has 0 aliphatic carbocycles. The van der Waals surface area contributed by atoms with Crippen LogP contribution >= 0.6 is 22.6 Å². The van der Waals surface area contributed by atoms with Gasteiger partial charge in [0.25, 0.3) is 5.91 Å². The quantitative estimate of drug-likeness (QED) is 0.782. The van der Waals surface area contributed by atoms with Crippen LogP contribution in [0.5, 0.6) is 0 Å². The molecule has 0 atom stereocenters. The second kappa shape index (κ2) is 5.74. The van der Waals surface area contributed by atoms with E-state index < -0.39 is 0 Å². The predicted molar refractivity (Wildman–Crippen MR) is 87.8 cm³/mol. The Morgan fingerprint density at radius 3 is 2.26 bits per heavy atom. The van der Waals surface area contributed by atoms with Gasteiger partial charge in [0.2, 0.25) is 0 Å². The third kappa shape index (κ3) is 3.35. The maximum absolute atomic E-state index is 12.3. The van der Waals surface area contributed by atoms with E-state index in [1.54, 1.807) is 0 Å². The van der Waals surface area contributed by atoms with Crippen molar-refractivity contribution in [2.24, 2.45) is 0 Å². The molecule has 0 saturated carbocycles. The van der Waals surface area contributed by atoms with Crippen LogP contribution in [0.15, 0.2) is 36.4 Å². The van der Waals surface area contributed by atoms with Crippen molar-refractivity contribution in [1.29, 1.82) is 0 Å². The van der Waals surface area contributed by atoms with Crippen LogP contribution in [0.25, 0.3) is 0 Å². The molecule has 19 heavy (non-hydrogen) atoms. The van der Waals surface area contributed by atoms with Gasteiger partial charge in [0.1, 0.15) is 0 Å². The van der Waals surface area contributed by atoms with E-state index in [0.717, 1.165) is 20.4 Å². The normalized spacial score (nSPS) is 10.3. The molecule has 0 heterocycles. The lowest BCUT2D eigenvalue weighted by molar-refractivity contribution is 0.102. The van der Waals surface area contributed by atoms with Gasteiger partial charge < -0.3 is 5.32 Å². The van der Waals surface area contributed by atoms with Gasteiger partial charge >= 0.3 is 0 Å². The number of hydrogen-bond acceptors (Lipinski definition) is 1. The molecule has 2 aromatic carbocycles. The molecule has 0 aliphatic rings. The molecule has 2 nitrogen and oxygen atoms in total. The van der Waals surface area contributed by atoms with E-state index in [-0.39, 0.29) is 5.91 Å². The van der Waals surface area contributed by atoms with Gasteiger partial charge in [-0.05, 0) is 67.1 Å². The fraction of sp³-hybridized carbons (Fsp3) is 0.188. The van der Waals surface area contributed by atoms with Gasteiger partial charge in [0.05, 0.1) is 5.56 Å². The molecule has 0 bridgehead atoms. The molecule has 2 rings (SSSR count). The van der Waals surface area contributed by atoms with Crippen LogP contribution in [0.3, 0.4) is 0 Å². The maximum atomic E-state index is 12.3. The third-order valence-corrected chi connectivity index (χ3v) is 3.89. The van der Waals surface area contributed by atoms with Crippen molar-refractivity contribution in [3.05, 3.63) is 62.2 Å². The highest BCUT2D eigenvalue weighted by molar-refractivity contribution is 14.1. The predicted octanol–water partition coefficient (Wildman–Crippen LogP) is 4.47. The van der Waals surface area contributed by atoms with Crippen LogP contribution in [0.2, 0.25) is 0 Å². The summed E-state index contributed by atoms with van der Waals surface area (Å²) in [5.74, 6) is -0.0589.